The second-order valence-corrected chi connectivity index (χ2v) is 6.60. The molecule has 0 aromatic carbocycles. The minimum atomic E-state index is -4.17. The summed E-state index contributed by atoms with van der Waals surface area (Å²) in [6.45, 7) is 6.68. The molecule has 0 aliphatic carbocycles. The van der Waals surface area contributed by atoms with Gasteiger partial charge in [-0.15, -0.1) is 0 Å². The smallest absolute Gasteiger partial charge is 0.267 e. The van der Waals surface area contributed by atoms with Gasteiger partial charge in [-0.3, -0.25) is 9.35 Å². The Morgan fingerprint density at radius 2 is 1.88 bits per heavy atom. The van der Waals surface area contributed by atoms with Crippen LogP contribution in [0.25, 0.3) is 0 Å². The zero-order valence-electron chi connectivity index (χ0n) is 9.90. The number of rotatable bonds is 5. The highest BCUT2D eigenvalue weighted by Gasteiger charge is 2.34. The molecule has 0 atom stereocenters. The van der Waals surface area contributed by atoms with E-state index < -0.39 is 21.4 Å². The lowest BCUT2D eigenvalue weighted by Crippen LogP contribution is -2.46. The van der Waals surface area contributed by atoms with Crippen LogP contribution in [0.1, 0.15) is 34.1 Å². The van der Waals surface area contributed by atoms with E-state index >= 15 is 0 Å². The fraction of sp³-hybridized carbons (Fsp3) is 0.889. The largest absolute Gasteiger partial charge is 0.285 e. The van der Waals surface area contributed by atoms with Crippen LogP contribution in [0.4, 0.5) is 0 Å². The first-order valence-corrected chi connectivity index (χ1v) is 6.84. The lowest BCUT2D eigenvalue weighted by Gasteiger charge is -2.31. The maximum atomic E-state index is 11.6. The van der Waals surface area contributed by atoms with Gasteiger partial charge in [0.2, 0.25) is 5.91 Å². The maximum absolute atomic E-state index is 11.6. The summed E-state index contributed by atoms with van der Waals surface area (Å²) in [5.41, 5.74) is -1.14. The van der Waals surface area contributed by atoms with E-state index in [2.05, 4.69) is 0 Å². The van der Waals surface area contributed by atoms with Gasteiger partial charge in [-0.1, -0.05) is 13.8 Å². The van der Waals surface area contributed by atoms with Crippen LogP contribution in [0.15, 0.2) is 0 Å². The standard InChI is InChI=1S/C9H18ClNO4S/c1-7(2)5-8(12)11(10)9(3,4)6-16(13,14)15/h7H,5-6H2,1-4H3,(H,13,14,15). The van der Waals surface area contributed by atoms with E-state index in [1.807, 2.05) is 13.8 Å². The Morgan fingerprint density at radius 1 is 1.44 bits per heavy atom. The number of nitrogens with zero attached hydrogens (tertiary/aromatic N) is 1. The van der Waals surface area contributed by atoms with Crippen LogP contribution in [-0.4, -0.2) is 34.6 Å². The molecule has 5 nitrogen and oxygen atoms in total. The van der Waals surface area contributed by atoms with Crippen LogP contribution in [0.5, 0.6) is 0 Å². The van der Waals surface area contributed by atoms with Gasteiger partial charge in [-0.05, 0) is 19.8 Å². The number of halogens is 1. The molecule has 0 saturated carbocycles. The highest BCUT2D eigenvalue weighted by Crippen LogP contribution is 2.21. The van der Waals surface area contributed by atoms with Gasteiger partial charge in [0.05, 0.1) is 11.3 Å². The molecular formula is C9H18ClNO4S. The average molecular weight is 272 g/mol. The molecule has 7 heteroatoms. The van der Waals surface area contributed by atoms with Crippen LogP contribution < -0.4 is 0 Å². The van der Waals surface area contributed by atoms with Gasteiger partial charge in [0.1, 0.15) is 0 Å². The van der Waals surface area contributed by atoms with Crippen molar-refractivity contribution in [3.63, 3.8) is 0 Å². The van der Waals surface area contributed by atoms with Crippen molar-refractivity contribution in [3.05, 3.63) is 0 Å². The Bertz CT molecular complexity index is 351. The summed E-state index contributed by atoms with van der Waals surface area (Å²) in [5.74, 6) is -0.812. The van der Waals surface area contributed by atoms with Crippen LogP contribution >= 0.6 is 11.8 Å². The topological polar surface area (TPSA) is 74.7 Å². The summed E-state index contributed by atoms with van der Waals surface area (Å²) in [6, 6.07) is 0. The zero-order chi connectivity index (χ0) is 13.1. The molecule has 0 unspecified atom stereocenters. The highest BCUT2D eigenvalue weighted by atomic mass is 35.5. The number of amides is 1. The molecular weight excluding hydrogens is 254 g/mol. The van der Waals surface area contributed by atoms with Gasteiger partial charge < -0.3 is 0 Å². The predicted octanol–water partition coefficient (Wildman–Crippen LogP) is 1.68. The molecule has 0 aliphatic heterocycles. The second kappa shape index (κ2) is 5.33. The molecule has 96 valence electrons. The SMILES string of the molecule is CC(C)CC(=O)N(Cl)C(C)(C)CS(=O)(=O)O. The molecule has 0 aromatic rings. The van der Waals surface area contributed by atoms with E-state index in [1.54, 1.807) is 0 Å². The van der Waals surface area contributed by atoms with Crippen molar-refractivity contribution in [3.8, 4) is 0 Å². The predicted molar refractivity (Wildman–Crippen MR) is 62.6 cm³/mol. The number of carbonyl (C=O) groups is 1. The van der Waals surface area contributed by atoms with Crippen molar-refractivity contribution in [2.45, 2.75) is 39.7 Å². The first kappa shape index (κ1) is 15.7. The second-order valence-electron chi connectivity index (χ2n) is 4.81. The van der Waals surface area contributed by atoms with E-state index in [-0.39, 0.29) is 18.2 Å². The lowest BCUT2D eigenvalue weighted by atomic mass is 10.1. The fourth-order valence-electron chi connectivity index (χ4n) is 1.27. The lowest BCUT2D eigenvalue weighted by molar-refractivity contribution is -0.130. The minimum absolute atomic E-state index is 0.135. The van der Waals surface area contributed by atoms with Crippen molar-refractivity contribution < 1.29 is 17.8 Å². The van der Waals surface area contributed by atoms with E-state index in [0.717, 1.165) is 4.42 Å². The molecule has 0 aromatic heterocycles. The van der Waals surface area contributed by atoms with Crippen molar-refractivity contribution >= 4 is 27.8 Å². The van der Waals surface area contributed by atoms with E-state index in [9.17, 15) is 13.2 Å². The molecule has 0 aliphatic rings. The normalized spacial score (nSPS) is 12.9. The van der Waals surface area contributed by atoms with Gasteiger partial charge in [0.15, 0.2) is 0 Å². The van der Waals surface area contributed by atoms with Crippen molar-refractivity contribution in [2.24, 2.45) is 5.92 Å². The monoisotopic (exact) mass is 271 g/mol. The maximum Gasteiger partial charge on any atom is 0.267 e. The van der Waals surface area contributed by atoms with Gasteiger partial charge in [0.25, 0.3) is 10.1 Å². The third-order valence-corrected chi connectivity index (χ3v) is 3.59. The Labute approximate surface area is 102 Å². The molecule has 0 saturated heterocycles. The van der Waals surface area contributed by atoms with Crippen LogP contribution in [0, 0.1) is 5.92 Å². The minimum Gasteiger partial charge on any atom is -0.285 e. The van der Waals surface area contributed by atoms with Crippen LogP contribution in [0.3, 0.4) is 0 Å². The summed E-state index contributed by atoms with van der Waals surface area (Å²) in [6.07, 6.45) is 0.235. The molecule has 0 rings (SSSR count). The third kappa shape index (κ3) is 5.67. The molecule has 0 fully saturated rings. The molecule has 0 heterocycles. The number of hydrogen-bond acceptors (Lipinski definition) is 3. The Kier molecular flexibility index (Phi) is 5.22. The Balaban J connectivity index is 4.69. The first-order chi connectivity index (χ1) is 6.96. The van der Waals surface area contributed by atoms with Gasteiger partial charge >= 0.3 is 0 Å². The van der Waals surface area contributed by atoms with E-state index in [0.29, 0.717) is 0 Å². The average Bonchev–Trinajstić information content (AvgIpc) is 1.96. The number of carbonyl (C=O) groups excluding carboxylic acids is 1. The highest BCUT2D eigenvalue weighted by molar-refractivity contribution is 7.85. The molecule has 0 spiro atoms. The summed E-state index contributed by atoms with van der Waals surface area (Å²) in [4.78, 5) is 11.6. The molecule has 1 N–H and O–H groups in total. The van der Waals surface area contributed by atoms with E-state index in [4.69, 9.17) is 16.3 Å². The Hall–Kier alpha value is -0.330. The van der Waals surface area contributed by atoms with Crippen molar-refractivity contribution in [2.75, 3.05) is 5.75 Å². The van der Waals surface area contributed by atoms with E-state index in [1.165, 1.54) is 13.8 Å². The molecule has 0 radical (unpaired) electrons. The van der Waals surface area contributed by atoms with Gasteiger partial charge in [-0.25, -0.2) is 4.42 Å². The summed E-state index contributed by atoms with van der Waals surface area (Å²) in [7, 11) is -4.17. The van der Waals surface area contributed by atoms with Crippen LogP contribution in [0.2, 0.25) is 0 Å². The third-order valence-electron chi connectivity index (χ3n) is 1.87. The summed E-state index contributed by atoms with van der Waals surface area (Å²) >= 11 is 5.78. The molecule has 16 heavy (non-hydrogen) atoms. The molecule has 1 amide bonds. The quantitative estimate of drug-likeness (QED) is 0.610. The van der Waals surface area contributed by atoms with Crippen molar-refractivity contribution in [1.82, 2.24) is 4.42 Å². The van der Waals surface area contributed by atoms with Crippen molar-refractivity contribution in [1.29, 1.82) is 0 Å². The summed E-state index contributed by atoms with van der Waals surface area (Å²) < 4.78 is 31.1. The van der Waals surface area contributed by atoms with Gasteiger partial charge in [-0.2, -0.15) is 8.42 Å². The Morgan fingerprint density at radius 3 is 2.19 bits per heavy atom. The number of hydrogen-bond donors (Lipinski definition) is 1. The molecule has 0 bridgehead atoms. The zero-order valence-corrected chi connectivity index (χ0v) is 11.5. The fourth-order valence-corrected chi connectivity index (χ4v) is 2.49. The summed E-state index contributed by atoms with van der Waals surface area (Å²) in [5, 5.41) is 0. The first-order valence-electron chi connectivity index (χ1n) is 4.90. The van der Waals surface area contributed by atoms with Crippen LogP contribution in [-0.2, 0) is 14.9 Å². The van der Waals surface area contributed by atoms with Gasteiger partial charge in [0, 0.05) is 18.2 Å².